The van der Waals surface area contributed by atoms with Crippen LogP contribution >= 0.6 is 27.5 Å². The summed E-state index contributed by atoms with van der Waals surface area (Å²) in [7, 11) is 0. The van der Waals surface area contributed by atoms with Crippen molar-refractivity contribution in [2.75, 3.05) is 6.61 Å². The normalized spacial score (nSPS) is 10.8. The van der Waals surface area contributed by atoms with Gasteiger partial charge in [-0.25, -0.2) is 4.79 Å². The lowest BCUT2D eigenvalue weighted by atomic mass is 10.1. The zero-order valence-electron chi connectivity index (χ0n) is 16.3. The van der Waals surface area contributed by atoms with Crippen LogP contribution in [-0.4, -0.2) is 27.5 Å². The summed E-state index contributed by atoms with van der Waals surface area (Å²) in [6.07, 6.45) is 0. The third-order valence-corrected chi connectivity index (χ3v) is 5.41. The van der Waals surface area contributed by atoms with Gasteiger partial charge < -0.3 is 9.84 Å². The van der Waals surface area contributed by atoms with Crippen LogP contribution in [0, 0.1) is 0 Å². The molecule has 0 saturated heterocycles. The lowest BCUT2D eigenvalue weighted by Crippen LogP contribution is -2.10. The first kappa shape index (κ1) is 21.2. The van der Waals surface area contributed by atoms with Crippen LogP contribution in [0.4, 0.5) is 0 Å². The van der Waals surface area contributed by atoms with Gasteiger partial charge in [0.2, 0.25) is 0 Å². The standard InChI is InChI=1S/C24H18BrClN2O3/c25-18-8-11-23(31-15-24(29)30)20(12-18)21-13-22(17-6-9-19(26)10-7-17)28(27-21)14-16-4-2-1-3-5-16/h1-13H,14-15H2,(H,29,30). The first-order chi connectivity index (χ1) is 15.0. The van der Waals surface area contributed by atoms with Crippen LogP contribution in [0.5, 0.6) is 5.75 Å². The van der Waals surface area contributed by atoms with Gasteiger partial charge in [0.05, 0.1) is 17.9 Å². The number of hydrogen-bond donors (Lipinski definition) is 1. The molecule has 3 aromatic carbocycles. The van der Waals surface area contributed by atoms with Gasteiger partial charge in [0.25, 0.3) is 0 Å². The van der Waals surface area contributed by atoms with Crippen molar-refractivity contribution >= 4 is 33.5 Å². The first-order valence-electron chi connectivity index (χ1n) is 9.52. The van der Waals surface area contributed by atoms with Gasteiger partial charge in [-0.15, -0.1) is 0 Å². The molecule has 1 heterocycles. The summed E-state index contributed by atoms with van der Waals surface area (Å²) >= 11 is 9.56. The number of benzene rings is 3. The SMILES string of the molecule is O=C(O)COc1ccc(Br)cc1-c1cc(-c2ccc(Cl)cc2)n(Cc2ccccc2)n1. The molecule has 0 aliphatic rings. The van der Waals surface area contributed by atoms with Gasteiger partial charge >= 0.3 is 5.97 Å². The minimum atomic E-state index is -1.04. The molecule has 1 aromatic heterocycles. The van der Waals surface area contributed by atoms with Crippen LogP contribution in [0.3, 0.4) is 0 Å². The van der Waals surface area contributed by atoms with Crippen LogP contribution in [-0.2, 0) is 11.3 Å². The monoisotopic (exact) mass is 496 g/mol. The Bertz CT molecular complexity index is 1210. The molecular weight excluding hydrogens is 480 g/mol. The number of aromatic nitrogens is 2. The summed E-state index contributed by atoms with van der Waals surface area (Å²) in [5.41, 5.74) is 4.39. The fourth-order valence-corrected chi connectivity index (χ4v) is 3.73. The molecule has 5 nitrogen and oxygen atoms in total. The van der Waals surface area contributed by atoms with Crippen LogP contribution in [0.15, 0.2) is 83.3 Å². The predicted octanol–water partition coefficient (Wildman–Crippen LogP) is 6.14. The average molecular weight is 498 g/mol. The number of carbonyl (C=O) groups is 1. The van der Waals surface area contributed by atoms with E-state index in [0.717, 1.165) is 21.3 Å². The van der Waals surface area contributed by atoms with E-state index in [1.54, 1.807) is 6.07 Å². The molecule has 0 aliphatic heterocycles. The quantitative estimate of drug-likeness (QED) is 0.333. The van der Waals surface area contributed by atoms with E-state index in [0.29, 0.717) is 28.6 Å². The number of carboxylic acids is 1. The van der Waals surface area contributed by atoms with Crippen molar-refractivity contribution in [1.29, 1.82) is 0 Å². The minimum Gasteiger partial charge on any atom is -0.481 e. The molecule has 0 bridgehead atoms. The lowest BCUT2D eigenvalue weighted by molar-refractivity contribution is -0.139. The Hall–Kier alpha value is -3.09. The van der Waals surface area contributed by atoms with E-state index >= 15 is 0 Å². The smallest absolute Gasteiger partial charge is 0.341 e. The molecule has 0 aliphatic carbocycles. The number of carboxylic acid groups (broad SMARTS) is 1. The van der Waals surface area contributed by atoms with Crippen molar-refractivity contribution in [3.05, 3.63) is 93.9 Å². The number of aliphatic carboxylic acids is 1. The van der Waals surface area contributed by atoms with Crippen molar-refractivity contribution in [2.45, 2.75) is 6.54 Å². The molecule has 0 amide bonds. The molecule has 0 spiro atoms. The van der Waals surface area contributed by atoms with Crippen molar-refractivity contribution in [2.24, 2.45) is 0 Å². The van der Waals surface area contributed by atoms with Crippen molar-refractivity contribution in [3.8, 4) is 28.3 Å². The largest absolute Gasteiger partial charge is 0.481 e. The molecule has 0 radical (unpaired) electrons. The van der Waals surface area contributed by atoms with Gasteiger partial charge in [-0.2, -0.15) is 5.10 Å². The van der Waals surface area contributed by atoms with Crippen LogP contribution < -0.4 is 4.74 Å². The molecule has 1 N–H and O–H groups in total. The molecule has 0 atom stereocenters. The molecule has 31 heavy (non-hydrogen) atoms. The Morgan fingerprint density at radius 2 is 1.77 bits per heavy atom. The molecule has 0 unspecified atom stereocenters. The van der Waals surface area contributed by atoms with Gasteiger partial charge in [-0.3, -0.25) is 4.68 Å². The Morgan fingerprint density at radius 3 is 2.48 bits per heavy atom. The van der Waals surface area contributed by atoms with E-state index in [9.17, 15) is 4.79 Å². The maximum absolute atomic E-state index is 11.0. The number of hydrogen-bond acceptors (Lipinski definition) is 3. The second-order valence-electron chi connectivity index (χ2n) is 6.89. The predicted molar refractivity (Wildman–Crippen MR) is 124 cm³/mol. The second kappa shape index (κ2) is 9.37. The van der Waals surface area contributed by atoms with E-state index in [-0.39, 0.29) is 0 Å². The van der Waals surface area contributed by atoms with Crippen molar-refractivity contribution in [1.82, 2.24) is 9.78 Å². The highest BCUT2D eigenvalue weighted by Crippen LogP contribution is 2.35. The summed E-state index contributed by atoms with van der Waals surface area (Å²) in [6.45, 7) is 0.154. The third kappa shape index (κ3) is 5.16. The highest BCUT2D eigenvalue weighted by molar-refractivity contribution is 9.10. The van der Waals surface area contributed by atoms with Gasteiger partial charge in [0.1, 0.15) is 5.75 Å². The Morgan fingerprint density at radius 1 is 1.03 bits per heavy atom. The number of rotatable bonds is 7. The van der Waals surface area contributed by atoms with Crippen LogP contribution in [0.25, 0.3) is 22.5 Å². The summed E-state index contributed by atoms with van der Waals surface area (Å²) in [5, 5.41) is 14.5. The molecule has 156 valence electrons. The average Bonchev–Trinajstić information content (AvgIpc) is 3.17. The van der Waals surface area contributed by atoms with Gasteiger partial charge in [0, 0.05) is 15.1 Å². The van der Waals surface area contributed by atoms with Gasteiger partial charge in [0.15, 0.2) is 6.61 Å². The topological polar surface area (TPSA) is 64.3 Å². The van der Waals surface area contributed by atoms with Gasteiger partial charge in [-0.1, -0.05) is 70.0 Å². The zero-order valence-corrected chi connectivity index (χ0v) is 18.7. The Labute approximate surface area is 193 Å². The van der Waals surface area contributed by atoms with E-state index in [1.807, 2.05) is 77.5 Å². The summed E-state index contributed by atoms with van der Waals surface area (Å²) in [5.74, 6) is -0.581. The second-order valence-corrected chi connectivity index (χ2v) is 8.24. The number of ether oxygens (including phenoxy) is 1. The van der Waals surface area contributed by atoms with E-state index in [2.05, 4.69) is 15.9 Å². The Balaban J connectivity index is 1.80. The fourth-order valence-electron chi connectivity index (χ4n) is 3.25. The summed E-state index contributed by atoms with van der Waals surface area (Å²) in [6, 6.07) is 25.0. The van der Waals surface area contributed by atoms with Crippen LogP contribution in [0.2, 0.25) is 5.02 Å². The highest BCUT2D eigenvalue weighted by atomic mass is 79.9. The highest BCUT2D eigenvalue weighted by Gasteiger charge is 2.16. The van der Waals surface area contributed by atoms with E-state index < -0.39 is 12.6 Å². The van der Waals surface area contributed by atoms with Crippen molar-refractivity contribution in [3.63, 3.8) is 0 Å². The van der Waals surface area contributed by atoms with Crippen LogP contribution in [0.1, 0.15) is 5.56 Å². The molecule has 0 saturated carbocycles. The molecule has 7 heteroatoms. The van der Waals surface area contributed by atoms with Gasteiger partial charge in [-0.05, 0) is 47.5 Å². The summed E-state index contributed by atoms with van der Waals surface area (Å²) in [4.78, 5) is 11.0. The maximum Gasteiger partial charge on any atom is 0.341 e. The zero-order chi connectivity index (χ0) is 21.8. The third-order valence-electron chi connectivity index (χ3n) is 4.66. The summed E-state index contributed by atoms with van der Waals surface area (Å²) < 4.78 is 8.28. The fraction of sp³-hybridized carbons (Fsp3) is 0.0833. The van der Waals surface area contributed by atoms with Crippen molar-refractivity contribution < 1.29 is 14.6 Å². The first-order valence-corrected chi connectivity index (χ1v) is 10.7. The van der Waals surface area contributed by atoms with E-state index in [4.69, 9.17) is 26.5 Å². The lowest BCUT2D eigenvalue weighted by Gasteiger charge is -2.09. The Kier molecular flexibility index (Phi) is 6.39. The number of halogens is 2. The molecule has 0 fully saturated rings. The minimum absolute atomic E-state index is 0.427. The van der Waals surface area contributed by atoms with E-state index in [1.165, 1.54) is 0 Å². The molecular formula is C24H18BrClN2O3. The maximum atomic E-state index is 11.0. The number of nitrogens with zero attached hydrogens (tertiary/aromatic N) is 2. The molecule has 4 aromatic rings. The molecule has 4 rings (SSSR count).